The normalized spacial score (nSPS) is 19.9. The van der Waals surface area contributed by atoms with Gasteiger partial charge in [0.1, 0.15) is 11.2 Å². The zero-order valence-corrected chi connectivity index (χ0v) is 21.5. The van der Waals surface area contributed by atoms with Crippen LogP contribution in [0.25, 0.3) is 0 Å². The van der Waals surface area contributed by atoms with E-state index in [1.54, 1.807) is 0 Å². The number of carbonyl (C=O) groups is 2. The highest BCUT2D eigenvalue weighted by atomic mass is 16.5. The van der Waals surface area contributed by atoms with E-state index in [9.17, 15) is 9.59 Å². The second-order valence-electron chi connectivity index (χ2n) is 9.90. The van der Waals surface area contributed by atoms with Crippen LogP contribution in [0.4, 0.5) is 10.5 Å². The number of benzene rings is 2. The highest BCUT2D eigenvalue weighted by Gasteiger charge is 2.63. The highest BCUT2D eigenvalue weighted by molar-refractivity contribution is 6.03. The lowest BCUT2D eigenvalue weighted by Crippen LogP contribution is -2.73. The molecule has 4 rings (SSSR count). The largest absolute Gasteiger partial charge is 0.469 e. The molecule has 2 aromatic carbocycles. The summed E-state index contributed by atoms with van der Waals surface area (Å²) in [7, 11) is 0. The Kier molecular flexibility index (Phi) is 7.68. The van der Waals surface area contributed by atoms with Crippen LogP contribution in [0.5, 0.6) is 5.75 Å². The number of likely N-dealkylation sites (tertiary alicyclic amines) is 1. The third-order valence-corrected chi connectivity index (χ3v) is 7.74. The molecule has 3 amide bonds. The molecule has 1 N–H and O–H groups in total. The Morgan fingerprint density at radius 1 is 1.03 bits per heavy atom. The Hall–Kier alpha value is -3.02. The molecule has 0 saturated carbocycles. The van der Waals surface area contributed by atoms with E-state index in [-0.39, 0.29) is 18.0 Å². The molecule has 0 aliphatic carbocycles. The summed E-state index contributed by atoms with van der Waals surface area (Å²) >= 11 is 0. The third-order valence-electron chi connectivity index (χ3n) is 7.74. The Morgan fingerprint density at radius 3 is 2.23 bits per heavy atom. The van der Waals surface area contributed by atoms with Crippen LogP contribution in [-0.4, -0.2) is 36.2 Å². The molecule has 0 bridgehead atoms. The minimum Gasteiger partial charge on any atom is -0.469 e. The van der Waals surface area contributed by atoms with Crippen molar-refractivity contribution < 1.29 is 14.3 Å². The number of nitrogens with one attached hydrogen (secondary N) is 1. The van der Waals surface area contributed by atoms with Crippen molar-refractivity contribution in [1.82, 2.24) is 10.2 Å². The number of β-lactam (4-membered cyclic amide) rings is 1. The van der Waals surface area contributed by atoms with Crippen molar-refractivity contribution in [3.05, 3.63) is 59.7 Å². The summed E-state index contributed by atoms with van der Waals surface area (Å²) < 4.78 is 6.36. The molecule has 0 unspecified atom stereocenters. The Morgan fingerprint density at radius 2 is 1.66 bits per heavy atom. The van der Waals surface area contributed by atoms with E-state index in [0.717, 1.165) is 31.5 Å². The predicted octanol–water partition coefficient (Wildman–Crippen LogP) is 6.20. The molecule has 2 aliphatic rings. The molecule has 6 heteroatoms. The second kappa shape index (κ2) is 10.7. The predicted molar refractivity (Wildman–Crippen MR) is 140 cm³/mol. The number of amides is 3. The molecule has 0 spiro atoms. The van der Waals surface area contributed by atoms with E-state index >= 15 is 0 Å². The number of aryl methyl sites for hydroxylation is 1. The first kappa shape index (κ1) is 25.1. The van der Waals surface area contributed by atoms with Crippen LogP contribution < -0.4 is 15.0 Å². The smallest absolute Gasteiger partial charge is 0.327 e. The van der Waals surface area contributed by atoms with Crippen molar-refractivity contribution >= 4 is 17.6 Å². The topological polar surface area (TPSA) is 61.9 Å². The minimum atomic E-state index is -0.685. The Balaban J connectivity index is 1.52. The lowest BCUT2D eigenvalue weighted by Gasteiger charge is -2.53. The first-order valence-electron chi connectivity index (χ1n) is 13.2. The molecule has 6 nitrogen and oxygen atoms in total. The summed E-state index contributed by atoms with van der Waals surface area (Å²) in [5, 5.41) is 3.11. The lowest BCUT2D eigenvalue weighted by atomic mass is 9.72. The third kappa shape index (κ3) is 4.89. The lowest BCUT2D eigenvalue weighted by molar-refractivity contribution is -0.191. The second-order valence-corrected chi connectivity index (χ2v) is 9.90. The molecule has 0 radical (unpaired) electrons. The average molecular weight is 478 g/mol. The van der Waals surface area contributed by atoms with E-state index in [2.05, 4.69) is 41.4 Å². The van der Waals surface area contributed by atoms with Gasteiger partial charge in [-0.15, -0.1) is 0 Å². The number of carbonyl (C=O) groups excluding carboxylic acids is 2. The van der Waals surface area contributed by atoms with Crippen molar-refractivity contribution in [2.45, 2.75) is 78.5 Å². The van der Waals surface area contributed by atoms with Gasteiger partial charge in [-0.05, 0) is 68.9 Å². The molecular weight excluding hydrogens is 438 g/mol. The van der Waals surface area contributed by atoms with Crippen LogP contribution in [0.1, 0.15) is 76.5 Å². The average Bonchev–Trinajstić information content (AvgIpc) is 3.40. The van der Waals surface area contributed by atoms with Gasteiger partial charge in [0.2, 0.25) is 5.91 Å². The number of urea groups is 1. The van der Waals surface area contributed by atoms with E-state index in [0.29, 0.717) is 18.6 Å². The molecule has 2 saturated heterocycles. The molecule has 2 atom stereocenters. The maximum Gasteiger partial charge on any atom is 0.327 e. The van der Waals surface area contributed by atoms with Gasteiger partial charge in [-0.3, -0.25) is 4.79 Å². The van der Waals surface area contributed by atoms with Gasteiger partial charge in [0, 0.05) is 18.8 Å². The molecule has 0 aromatic heterocycles. The van der Waals surface area contributed by atoms with Gasteiger partial charge < -0.3 is 15.0 Å². The van der Waals surface area contributed by atoms with Crippen molar-refractivity contribution in [3.63, 3.8) is 0 Å². The van der Waals surface area contributed by atoms with Crippen molar-refractivity contribution in [2.24, 2.45) is 5.41 Å². The fourth-order valence-electron chi connectivity index (χ4n) is 5.37. The summed E-state index contributed by atoms with van der Waals surface area (Å²) in [4.78, 5) is 30.4. The van der Waals surface area contributed by atoms with Gasteiger partial charge in [0.15, 0.2) is 6.23 Å². The molecule has 35 heavy (non-hydrogen) atoms. The first-order chi connectivity index (χ1) is 16.9. The molecule has 2 aliphatic heterocycles. The fourth-order valence-corrected chi connectivity index (χ4v) is 5.37. The Bertz CT molecular complexity index is 1010. The summed E-state index contributed by atoms with van der Waals surface area (Å²) in [6.45, 7) is 10.3. The first-order valence-corrected chi connectivity index (χ1v) is 13.2. The fraction of sp³-hybridized carbons (Fsp3) is 0.517. The molecule has 2 fully saturated rings. The molecule has 2 aromatic rings. The van der Waals surface area contributed by atoms with Crippen molar-refractivity contribution in [3.8, 4) is 5.75 Å². The zero-order valence-electron chi connectivity index (χ0n) is 21.5. The van der Waals surface area contributed by atoms with Crippen molar-refractivity contribution in [1.29, 1.82) is 0 Å². The van der Waals surface area contributed by atoms with Gasteiger partial charge in [-0.2, -0.15) is 0 Å². The standard InChI is InChI=1S/C29H39N3O3/c1-5-10-25(22-13-11-21(4)12-14-22)30-28(34)32-26(33)29(6-2,7-3)27(32)35-24-17-15-23(16-18-24)31-19-8-9-20-31/h11-18,25,27H,5-10,19-20H2,1-4H3,(H,30,34)/t25-,27+/m1/s1. The quantitative estimate of drug-likeness (QED) is 0.437. The van der Waals surface area contributed by atoms with Gasteiger partial charge in [-0.25, -0.2) is 9.69 Å². The molecular formula is C29H39N3O3. The van der Waals surface area contributed by atoms with E-state index in [1.165, 1.54) is 29.0 Å². The van der Waals surface area contributed by atoms with Crippen LogP contribution in [-0.2, 0) is 4.79 Å². The Labute approximate surface area is 209 Å². The van der Waals surface area contributed by atoms with E-state index < -0.39 is 11.6 Å². The van der Waals surface area contributed by atoms with Gasteiger partial charge >= 0.3 is 6.03 Å². The summed E-state index contributed by atoms with van der Waals surface area (Å²) in [6, 6.07) is 15.7. The number of hydrogen-bond donors (Lipinski definition) is 1. The number of nitrogens with zero attached hydrogens (tertiary/aromatic N) is 2. The number of anilines is 1. The van der Waals surface area contributed by atoms with Gasteiger partial charge in [0.25, 0.3) is 0 Å². The number of rotatable bonds is 9. The van der Waals surface area contributed by atoms with E-state index in [1.807, 2.05) is 45.0 Å². The van der Waals surface area contributed by atoms with Crippen LogP contribution in [0.15, 0.2) is 48.5 Å². The van der Waals surface area contributed by atoms with Crippen LogP contribution in [0.2, 0.25) is 0 Å². The van der Waals surface area contributed by atoms with Crippen molar-refractivity contribution in [2.75, 3.05) is 18.0 Å². The van der Waals surface area contributed by atoms with Crippen LogP contribution in [0.3, 0.4) is 0 Å². The van der Waals surface area contributed by atoms with E-state index in [4.69, 9.17) is 4.74 Å². The monoisotopic (exact) mass is 477 g/mol. The highest BCUT2D eigenvalue weighted by Crippen LogP contribution is 2.46. The SMILES string of the molecule is CCC[C@@H](NC(=O)N1C(=O)C(CC)(CC)[C@@H]1Oc1ccc(N2CCCC2)cc1)c1ccc(C)cc1. The number of imide groups is 1. The maximum absolute atomic E-state index is 13.4. The number of hydrogen-bond acceptors (Lipinski definition) is 4. The van der Waals surface area contributed by atoms with Crippen LogP contribution in [0, 0.1) is 12.3 Å². The van der Waals surface area contributed by atoms with Gasteiger partial charge in [0.05, 0.1) is 6.04 Å². The van der Waals surface area contributed by atoms with Gasteiger partial charge in [-0.1, -0.05) is 57.0 Å². The van der Waals surface area contributed by atoms with Crippen LogP contribution >= 0.6 is 0 Å². The zero-order chi connectivity index (χ0) is 25.0. The summed E-state index contributed by atoms with van der Waals surface area (Å²) in [6.07, 6.45) is 4.80. The summed E-state index contributed by atoms with van der Waals surface area (Å²) in [5.74, 6) is 0.524. The molecule has 2 heterocycles. The minimum absolute atomic E-state index is 0.153. The maximum atomic E-state index is 13.4. The number of ether oxygens (including phenoxy) is 1. The summed E-state index contributed by atoms with van der Waals surface area (Å²) in [5.41, 5.74) is 2.72. The molecule has 188 valence electrons.